The number of aromatic nitrogens is 2. The number of ether oxygens (including phenoxy) is 1. The lowest BCUT2D eigenvalue weighted by Gasteiger charge is -2.34. The third kappa shape index (κ3) is 2.63. The molecular formula is C11H18ClN3O2. The molecule has 0 bridgehead atoms. The highest BCUT2D eigenvalue weighted by Crippen LogP contribution is 2.22. The van der Waals surface area contributed by atoms with E-state index in [0.717, 1.165) is 17.8 Å². The van der Waals surface area contributed by atoms with Gasteiger partial charge >= 0.3 is 0 Å². The topological polar surface area (TPSA) is 50.5 Å². The average Bonchev–Trinajstić information content (AvgIpc) is 2.57. The van der Waals surface area contributed by atoms with E-state index in [0.29, 0.717) is 24.9 Å². The SMILES string of the molecule is Cc1nn(C)c(Cl)c1CN1CCOCC1CO. The summed E-state index contributed by atoms with van der Waals surface area (Å²) >= 11 is 6.20. The van der Waals surface area contributed by atoms with E-state index >= 15 is 0 Å². The molecule has 1 N–H and O–H groups in total. The molecule has 2 heterocycles. The number of hydrogen-bond donors (Lipinski definition) is 1. The number of halogens is 1. The van der Waals surface area contributed by atoms with Gasteiger partial charge in [-0.1, -0.05) is 11.6 Å². The maximum absolute atomic E-state index is 9.31. The van der Waals surface area contributed by atoms with Crippen LogP contribution in [0.5, 0.6) is 0 Å². The minimum absolute atomic E-state index is 0.0550. The van der Waals surface area contributed by atoms with Crippen molar-refractivity contribution < 1.29 is 9.84 Å². The quantitative estimate of drug-likeness (QED) is 0.863. The van der Waals surface area contributed by atoms with Gasteiger partial charge in [0.25, 0.3) is 0 Å². The van der Waals surface area contributed by atoms with Crippen molar-refractivity contribution in [3.05, 3.63) is 16.4 Å². The number of hydrogen-bond acceptors (Lipinski definition) is 4. The molecule has 96 valence electrons. The Balaban J connectivity index is 2.13. The van der Waals surface area contributed by atoms with Crippen LogP contribution < -0.4 is 0 Å². The summed E-state index contributed by atoms with van der Waals surface area (Å²) in [6.07, 6.45) is 0. The van der Waals surface area contributed by atoms with Gasteiger partial charge in [-0.25, -0.2) is 0 Å². The first kappa shape index (κ1) is 12.8. The number of aliphatic hydroxyl groups excluding tert-OH is 1. The van der Waals surface area contributed by atoms with Crippen LogP contribution in [0.15, 0.2) is 0 Å². The van der Waals surface area contributed by atoms with E-state index < -0.39 is 0 Å². The fourth-order valence-electron chi connectivity index (χ4n) is 2.12. The van der Waals surface area contributed by atoms with E-state index in [1.165, 1.54) is 0 Å². The largest absolute Gasteiger partial charge is 0.395 e. The highest BCUT2D eigenvalue weighted by atomic mass is 35.5. The van der Waals surface area contributed by atoms with E-state index in [4.69, 9.17) is 16.3 Å². The molecule has 1 aromatic heterocycles. The van der Waals surface area contributed by atoms with Crippen LogP contribution in [0.3, 0.4) is 0 Å². The van der Waals surface area contributed by atoms with E-state index in [2.05, 4.69) is 10.00 Å². The average molecular weight is 260 g/mol. The standard InChI is InChI=1S/C11H18ClN3O2/c1-8-10(11(12)14(2)13-8)5-15-3-4-17-7-9(15)6-16/h9,16H,3-7H2,1-2H3. The van der Waals surface area contributed by atoms with Crippen LogP contribution in [0.2, 0.25) is 5.15 Å². The van der Waals surface area contributed by atoms with Gasteiger partial charge < -0.3 is 9.84 Å². The van der Waals surface area contributed by atoms with E-state index in [1.807, 2.05) is 14.0 Å². The summed E-state index contributed by atoms with van der Waals surface area (Å²) in [5, 5.41) is 14.3. The first-order chi connectivity index (χ1) is 8.13. The molecule has 1 atom stereocenters. The highest BCUT2D eigenvalue weighted by molar-refractivity contribution is 6.30. The summed E-state index contributed by atoms with van der Waals surface area (Å²) < 4.78 is 7.03. The van der Waals surface area contributed by atoms with Gasteiger partial charge in [0.1, 0.15) is 5.15 Å². The summed E-state index contributed by atoms with van der Waals surface area (Å²) in [7, 11) is 1.83. The predicted molar refractivity (Wildman–Crippen MR) is 65.1 cm³/mol. The van der Waals surface area contributed by atoms with Gasteiger partial charge in [-0.15, -0.1) is 0 Å². The molecule has 2 rings (SSSR count). The smallest absolute Gasteiger partial charge is 0.131 e. The van der Waals surface area contributed by atoms with Crippen molar-refractivity contribution in [1.29, 1.82) is 0 Å². The molecule has 0 aromatic carbocycles. The molecule has 1 fully saturated rings. The van der Waals surface area contributed by atoms with Crippen LogP contribution in [-0.4, -0.2) is 52.2 Å². The zero-order valence-electron chi connectivity index (χ0n) is 10.2. The van der Waals surface area contributed by atoms with Crippen LogP contribution in [0.25, 0.3) is 0 Å². The van der Waals surface area contributed by atoms with Gasteiger partial charge in [0.15, 0.2) is 0 Å². The second-order valence-electron chi connectivity index (χ2n) is 4.36. The van der Waals surface area contributed by atoms with Crippen molar-refractivity contribution in [1.82, 2.24) is 14.7 Å². The monoisotopic (exact) mass is 259 g/mol. The Labute approximate surface area is 106 Å². The molecule has 0 radical (unpaired) electrons. The Kier molecular flexibility index (Phi) is 4.04. The molecule has 0 spiro atoms. The number of aryl methyl sites for hydroxylation is 2. The lowest BCUT2D eigenvalue weighted by molar-refractivity contribution is -0.0313. The van der Waals surface area contributed by atoms with Crippen LogP contribution in [0.4, 0.5) is 0 Å². The second-order valence-corrected chi connectivity index (χ2v) is 4.72. The maximum Gasteiger partial charge on any atom is 0.131 e. The predicted octanol–water partition coefficient (Wildman–Crippen LogP) is 0.575. The minimum Gasteiger partial charge on any atom is -0.395 e. The lowest BCUT2D eigenvalue weighted by Crippen LogP contribution is -2.46. The fraction of sp³-hybridized carbons (Fsp3) is 0.727. The molecule has 6 heteroatoms. The molecule has 1 unspecified atom stereocenters. The van der Waals surface area contributed by atoms with Gasteiger partial charge in [-0.05, 0) is 6.92 Å². The van der Waals surface area contributed by atoms with E-state index in [-0.39, 0.29) is 12.6 Å². The summed E-state index contributed by atoms with van der Waals surface area (Å²) in [5.74, 6) is 0. The van der Waals surface area contributed by atoms with E-state index in [1.54, 1.807) is 4.68 Å². The molecule has 1 saturated heterocycles. The zero-order valence-corrected chi connectivity index (χ0v) is 10.9. The molecule has 0 amide bonds. The number of morpholine rings is 1. The third-order valence-electron chi connectivity index (χ3n) is 3.19. The van der Waals surface area contributed by atoms with Gasteiger partial charge in [-0.3, -0.25) is 9.58 Å². The van der Waals surface area contributed by atoms with E-state index in [9.17, 15) is 5.11 Å². The Bertz CT molecular complexity index is 394. The maximum atomic E-state index is 9.31. The Morgan fingerprint density at radius 1 is 1.59 bits per heavy atom. The van der Waals surface area contributed by atoms with Crippen LogP contribution in [0.1, 0.15) is 11.3 Å². The first-order valence-corrected chi connectivity index (χ1v) is 6.12. The Morgan fingerprint density at radius 2 is 2.35 bits per heavy atom. The molecule has 0 aliphatic carbocycles. The number of nitrogens with zero attached hydrogens (tertiary/aromatic N) is 3. The minimum atomic E-state index is 0.0550. The van der Waals surface area contributed by atoms with Crippen molar-refractivity contribution in [2.45, 2.75) is 19.5 Å². The van der Waals surface area contributed by atoms with Gasteiger partial charge in [0.2, 0.25) is 0 Å². The molecule has 1 aliphatic heterocycles. The molecular weight excluding hydrogens is 242 g/mol. The molecule has 0 saturated carbocycles. The van der Waals surface area contributed by atoms with Gasteiger partial charge in [0, 0.05) is 25.7 Å². The molecule has 1 aromatic rings. The van der Waals surface area contributed by atoms with Crippen molar-refractivity contribution in [2.24, 2.45) is 7.05 Å². The van der Waals surface area contributed by atoms with Gasteiger partial charge in [0.05, 0.1) is 31.6 Å². The number of aliphatic hydroxyl groups is 1. The van der Waals surface area contributed by atoms with Crippen LogP contribution in [-0.2, 0) is 18.3 Å². The molecule has 5 nitrogen and oxygen atoms in total. The summed E-state index contributed by atoms with van der Waals surface area (Å²) in [6.45, 7) is 4.87. The third-order valence-corrected chi connectivity index (χ3v) is 3.66. The summed E-state index contributed by atoms with van der Waals surface area (Å²) in [6, 6.07) is 0.0550. The highest BCUT2D eigenvalue weighted by Gasteiger charge is 2.24. The Morgan fingerprint density at radius 3 is 2.94 bits per heavy atom. The van der Waals surface area contributed by atoms with Crippen molar-refractivity contribution in [3.8, 4) is 0 Å². The first-order valence-electron chi connectivity index (χ1n) is 5.74. The summed E-state index contributed by atoms with van der Waals surface area (Å²) in [4.78, 5) is 2.19. The lowest BCUT2D eigenvalue weighted by atomic mass is 10.2. The fourth-order valence-corrected chi connectivity index (χ4v) is 2.36. The van der Waals surface area contributed by atoms with Crippen molar-refractivity contribution >= 4 is 11.6 Å². The Hall–Kier alpha value is -0.620. The second kappa shape index (κ2) is 5.35. The van der Waals surface area contributed by atoms with Crippen molar-refractivity contribution in [2.75, 3.05) is 26.4 Å². The van der Waals surface area contributed by atoms with Gasteiger partial charge in [-0.2, -0.15) is 5.10 Å². The van der Waals surface area contributed by atoms with Crippen molar-refractivity contribution in [3.63, 3.8) is 0 Å². The molecule has 17 heavy (non-hydrogen) atoms. The van der Waals surface area contributed by atoms with Crippen LogP contribution >= 0.6 is 11.6 Å². The normalized spacial score (nSPS) is 22.0. The summed E-state index contributed by atoms with van der Waals surface area (Å²) in [5.41, 5.74) is 1.98. The number of rotatable bonds is 3. The zero-order chi connectivity index (χ0) is 12.4. The van der Waals surface area contributed by atoms with Crippen LogP contribution in [0, 0.1) is 6.92 Å². The molecule has 1 aliphatic rings.